The fourth-order valence-electron chi connectivity index (χ4n) is 4.65. The van der Waals surface area contributed by atoms with Crippen molar-refractivity contribution in [3.8, 4) is 0 Å². The van der Waals surface area contributed by atoms with Gasteiger partial charge in [-0.15, -0.1) is 0 Å². The van der Waals surface area contributed by atoms with Gasteiger partial charge in [-0.3, -0.25) is 19.7 Å². The maximum Gasteiger partial charge on any atom is 0.269 e. The van der Waals surface area contributed by atoms with Gasteiger partial charge < -0.3 is 10.6 Å². The molecule has 1 heterocycles. The third kappa shape index (κ3) is 3.57. The van der Waals surface area contributed by atoms with Gasteiger partial charge in [0.05, 0.1) is 10.6 Å². The highest BCUT2D eigenvalue weighted by atomic mass is 16.6. The molecule has 5 rings (SSSR count). The van der Waals surface area contributed by atoms with Gasteiger partial charge in [0.1, 0.15) is 0 Å². The molecular weight excluding hydrogens is 430 g/mol. The molecule has 34 heavy (non-hydrogen) atoms. The summed E-state index contributed by atoms with van der Waals surface area (Å²) >= 11 is 0. The van der Waals surface area contributed by atoms with Crippen LogP contribution in [0.1, 0.15) is 39.9 Å². The van der Waals surface area contributed by atoms with Crippen molar-refractivity contribution < 1.29 is 14.5 Å². The van der Waals surface area contributed by atoms with E-state index in [0.717, 1.165) is 11.1 Å². The zero-order valence-electron chi connectivity index (χ0n) is 18.4. The highest BCUT2D eigenvalue weighted by Crippen LogP contribution is 2.46. The summed E-state index contributed by atoms with van der Waals surface area (Å²) in [5.74, 6) is -1.26. The second-order valence-corrected chi connectivity index (χ2v) is 8.28. The molecule has 0 aromatic heterocycles. The number of fused-ring (bicyclic) bond motifs is 2. The highest BCUT2D eigenvalue weighted by molar-refractivity contribution is 6.23. The van der Waals surface area contributed by atoms with E-state index in [1.165, 1.54) is 12.1 Å². The van der Waals surface area contributed by atoms with E-state index in [-0.39, 0.29) is 17.4 Å². The number of dihydropyridines is 1. The van der Waals surface area contributed by atoms with Crippen molar-refractivity contribution in [3.05, 3.63) is 128 Å². The molecule has 2 aliphatic rings. The third-order valence-corrected chi connectivity index (χ3v) is 6.20. The van der Waals surface area contributed by atoms with E-state index in [2.05, 4.69) is 10.6 Å². The van der Waals surface area contributed by atoms with Gasteiger partial charge in [0.25, 0.3) is 5.69 Å². The van der Waals surface area contributed by atoms with Crippen molar-refractivity contribution in [2.75, 3.05) is 0 Å². The lowest BCUT2D eigenvalue weighted by molar-refractivity contribution is -0.384. The number of nitro benzene ring substituents is 1. The molecule has 0 fully saturated rings. The number of nitrogens with one attached hydrogen (secondary N) is 2. The van der Waals surface area contributed by atoms with Crippen molar-refractivity contribution in [2.24, 2.45) is 0 Å². The first-order valence-corrected chi connectivity index (χ1v) is 10.9. The molecule has 1 unspecified atom stereocenters. The summed E-state index contributed by atoms with van der Waals surface area (Å²) in [6.45, 7) is 2.11. The smallest absolute Gasteiger partial charge is 0.269 e. The Bertz CT molecular complexity index is 1410. The molecule has 0 bridgehead atoms. The predicted octanol–water partition coefficient (Wildman–Crippen LogP) is 4.48. The molecule has 7 nitrogen and oxygen atoms in total. The van der Waals surface area contributed by atoms with Crippen LogP contribution in [-0.2, 0) is 11.3 Å². The van der Waals surface area contributed by atoms with Crippen LogP contribution in [0, 0.1) is 10.1 Å². The summed E-state index contributed by atoms with van der Waals surface area (Å²) in [4.78, 5) is 38.0. The zero-order valence-corrected chi connectivity index (χ0v) is 18.4. The average Bonchev–Trinajstić information content (AvgIpc) is 3.14. The summed E-state index contributed by atoms with van der Waals surface area (Å²) in [6.07, 6.45) is 0. The largest absolute Gasteiger partial charge is 0.358 e. The maximum atomic E-state index is 13.5. The van der Waals surface area contributed by atoms with E-state index in [1.807, 2.05) is 42.5 Å². The van der Waals surface area contributed by atoms with Crippen LogP contribution in [0.3, 0.4) is 0 Å². The van der Waals surface area contributed by atoms with Crippen LogP contribution in [0.25, 0.3) is 5.70 Å². The minimum absolute atomic E-state index is 0.0946. The molecular formula is C27H21N3O4. The van der Waals surface area contributed by atoms with Crippen LogP contribution < -0.4 is 10.6 Å². The molecule has 0 radical (unpaired) electrons. The molecule has 3 aromatic carbocycles. The fourth-order valence-corrected chi connectivity index (χ4v) is 4.65. The molecule has 2 N–H and O–H groups in total. The van der Waals surface area contributed by atoms with E-state index in [4.69, 9.17) is 0 Å². The number of nitrogens with zero attached hydrogens (tertiary/aromatic N) is 1. The molecule has 7 heteroatoms. The van der Waals surface area contributed by atoms with Gasteiger partial charge in [-0.2, -0.15) is 0 Å². The van der Waals surface area contributed by atoms with Gasteiger partial charge in [0.2, 0.25) is 5.91 Å². The maximum absolute atomic E-state index is 13.5. The Labute approximate surface area is 196 Å². The van der Waals surface area contributed by atoms with E-state index < -0.39 is 10.8 Å². The van der Waals surface area contributed by atoms with Crippen molar-refractivity contribution in [3.63, 3.8) is 0 Å². The number of allylic oxidation sites excluding steroid dienone is 2. The van der Waals surface area contributed by atoms with Gasteiger partial charge in [-0.05, 0) is 18.1 Å². The molecule has 168 valence electrons. The summed E-state index contributed by atoms with van der Waals surface area (Å²) in [7, 11) is 0. The Hall–Kier alpha value is -4.52. The van der Waals surface area contributed by atoms with Crippen molar-refractivity contribution in [2.45, 2.75) is 19.4 Å². The van der Waals surface area contributed by atoms with Gasteiger partial charge in [-0.25, -0.2) is 0 Å². The normalized spacial score (nSPS) is 16.6. The lowest BCUT2D eigenvalue weighted by Gasteiger charge is -2.29. The van der Waals surface area contributed by atoms with Crippen LogP contribution in [0.4, 0.5) is 5.69 Å². The Morgan fingerprint density at radius 3 is 2.44 bits per heavy atom. The molecule has 3 aromatic rings. The summed E-state index contributed by atoms with van der Waals surface area (Å²) in [5.41, 5.74) is 4.73. The number of Topliss-reactive ketones (excluding diaryl/α,β-unsaturated/α-hetero) is 1. The number of rotatable bonds is 5. The number of benzene rings is 3. The second-order valence-electron chi connectivity index (χ2n) is 8.28. The lowest BCUT2D eigenvalue weighted by atomic mass is 9.79. The van der Waals surface area contributed by atoms with Gasteiger partial charge in [-0.1, -0.05) is 66.7 Å². The number of non-ortho nitro benzene ring substituents is 1. The number of nitro groups is 1. The molecule has 0 saturated heterocycles. The van der Waals surface area contributed by atoms with Crippen LogP contribution in [-0.4, -0.2) is 16.6 Å². The first kappa shape index (κ1) is 21.3. The number of hydrogen-bond donors (Lipinski definition) is 2. The van der Waals surface area contributed by atoms with E-state index in [0.29, 0.717) is 40.2 Å². The van der Waals surface area contributed by atoms with Crippen LogP contribution in [0.15, 0.2) is 95.7 Å². The third-order valence-electron chi connectivity index (χ3n) is 6.20. The molecule has 1 amide bonds. The Morgan fingerprint density at radius 2 is 1.71 bits per heavy atom. The number of carbonyl (C=O) groups excluding carboxylic acids is 2. The van der Waals surface area contributed by atoms with Crippen LogP contribution >= 0.6 is 0 Å². The Balaban J connectivity index is 1.60. The highest BCUT2D eigenvalue weighted by Gasteiger charge is 2.42. The van der Waals surface area contributed by atoms with E-state index >= 15 is 0 Å². The van der Waals surface area contributed by atoms with Gasteiger partial charge in [0, 0.05) is 52.6 Å². The van der Waals surface area contributed by atoms with Crippen molar-refractivity contribution in [1.29, 1.82) is 0 Å². The minimum atomic E-state index is -0.744. The number of hydrogen-bond acceptors (Lipinski definition) is 5. The summed E-state index contributed by atoms with van der Waals surface area (Å²) < 4.78 is 0. The average molecular weight is 451 g/mol. The van der Waals surface area contributed by atoms with Gasteiger partial charge >= 0.3 is 0 Å². The minimum Gasteiger partial charge on any atom is -0.358 e. The topological polar surface area (TPSA) is 101 Å². The van der Waals surface area contributed by atoms with Crippen LogP contribution in [0.5, 0.6) is 0 Å². The lowest BCUT2D eigenvalue weighted by Crippen LogP contribution is -2.34. The SMILES string of the molecule is CC1=C(C(=O)NCc2ccccc2)C(c2cccc([N+](=O)[O-])c2)C2=C(N1)c1ccccc1C2=O. The fraction of sp³-hybridized carbons (Fsp3) is 0.111. The number of carbonyl (C=O) groups is 2. The van der Waals surface area contributed by atoms with E-state index in [1.54, 1.807) is 31.2 Å². The first-order valence-electron chi connectivity index (χ1n) is 10.9. The molecule has 1 aliphatic heterocycles. The zero-order chi connectivity index (χ0) is 23.8. The van der Waals surface area contributed by atoms with Gasteiger partial charge in [0.15, 0.2) is 5.78 Å². The standard InChI is InChI=1S/C27H21N3O4/c1-16-22(27(32)28-15-17-8-3-2-4-9-17)23(18-10-7-11-19(14-18)30(33)34)24-25(29-16)20-12-5-6-13-21(20)26(24)31/h2-14,23,29H,15H2,1H3,(H,28,32). The number of ketones is 1. The Kier molecular flexibility index (Phi) is 5.30. The molecule has 0 spiro atoms. The quantitative estimate of drug-likeness (QED) is 0.440. The summed E-state index contributed by atoms with van der Waals surface area (Å²) in [6, 6.07) is 22.9. The van der Waals surface area contributed by atoms with Crippen LogP contribution in [0.2, 0.25) is 0 Å². The van der Waals surface area contributed by atoms with Crippen molar-refractivity contribution >= 4 is 23.1 Å². The monoisotopic (exact) mass is 451 g/mol. The first-order chi connectivity index (χ1) is 16.5. The Morgan fingerprint density at radius 1 is 1.00 bits per heavy atom. The number of amides is 1. The second kappa shape index (κ2) is 8.44. The predicted molar refractivity (Wildman–Crippen MR) is 128 cm³/mol. The van der Waals surface area contributed by atoms with E-state index in [9.17, 15) is 19.7 Å². The summed E-state index contributed by atoms with van der Waals surface area (Å²) in [5, 5.41) is 17.7. The molecule has 1 atom stereocenters. The van der Waals surface area contributed by atoms with Crippen molar-refractivity contribution in [1.82, 2.24) is 10.6 Å². The molecule has 0 saturated carbocycles. The molecule has 1 aliphatic carbocycles.